The zero-order valence-electron chi connectivity index (χ0n) is 15.3. The number of nitrogens with zero attached hydrogens (tertiary/aromatic N) is 3. The summed E-state index contributed by atoms with van der Waals surface area (Å²) in [4.78, 5) is 33.0. The second kappa shape index (κ2) is 7.98. The van der Waals surface area contributed by atoms with Crippen molar-refractivity contribution < 1.29 is 9.59 Å². The molecule has 0 unspecified atom stereocenters. The molecule has 1 aliphatic heterocycles. The van der Waals surface area contributed by atoms with E-state index in [1.807, 2.05) is 54.6 Å². The molecule has 4 rings (SSSR count). The van der Waals surface area contributed by atoms with Crippen molar-refractivity contribution in [1.82, 2.24) is 14.8 Å². The Morgan fingerprint density at radius 3 is 2.61 bits per heavy atom. The fourth-order valence-electron chi connectivity index (χ4n) is 3.40. The average Bonchev–Trinajstić information content (AvgIpc) is 2.71. The Labute approximate surface area is 168 Å². The van der Waals surface area contributed by atoms with Gasteiger partial charge in [-0.05, 0) is 35.4 Å². The van der Waals surface area contributed by atoms with Gasteiger partial charge in [-0.2, -0.15) is 0 Å². The lowest BCUT2D eigenvalue weighted by atomic mass is 10.1. The molecule has 1 saturated heterocycles. The zero-order valence-corrected chi connectivity index (χ0v) is 16.1. The summed E-state index contributed by atoms with van der Waals surface area (Å²) in [5.41, 5.74) is 2.80. The van der Waals surface area contributed by atoms with E-state index in [-0.39, 0.29) is 24.8 Å². The van der Waals surface area contributed by atoms with Crippen LogP contribution in [0.15, 0.2) is 60.8 Å². The van der Waals surface area contributed by atoms with Crippen molar-refractivity contribution in [2.45, 2.75) is 13.0 Å². The van der Waals surface area contributed by atoms with Crippen molar-refractivity contribution in [1.29, 1.82) is 0 Å². The van der Waals surface area contributed by atoms with Crippen molar-refractivity contribution >= 4 is 34.3 Å². The molecule has 142 valence electrons. The van der Waals surface area contributed by atoms with Crippen molar-refractivity contribution in [2.75, 3.05) is 19.6 Å². The van der Waals surface area contributed by atoms with Gasteiger partial charge in [0.2, 0.25) is 11.8 Å². The minimum Gasteiger partial charge on any atom is -0.335 e. The van der Waals surface area contributed by atoms with Crippen LogP contribution in [0.25, 0.3) is 10.9 Å². The third kappa shape index (κ3) is 4.15. The van der Waals surface area contributed by atoms with Gasteiger partial charge in [0.05, 0.1) is 18.5 Å². The smallest absolute Gasteiger partial charge is 0.242 e. The summed E-state index contributed by atoms with van der Waals surface area (Å²) in [6.07, 6.45) is 1.99. The normalized spacial score (nSPS) is 14.5. The standard InChI is InChI=1S/C22H20ClN3O2/c23-19-7-5-16(6-8-19)14-25-9-10-26(15-22(25)28)21(27)12-17-11-18-3-1-2-4-20(18)24-13-17/h1-8,11,13H,9-10,12,14-15H2. The van der Waals surface area contributed by atoms with Gasteiger partial charge >= 0.3 is 0 Å². The van der Waals surface area contributed by atoms with Gasteiger partial charge in [0.25, 0.3) is 0 Å². The summed E-state index contributed by atoms with van der Waals surface area (Å²) < 4.78 is 0. The van der Waals surface area contributed by atoms with Crippen LogP contribution in [0, 0.1) is 0 Å². The molecule has 2 heterocycles. The van der Waals surface area contributed by atoms with E-state index < -0.39 is 0 Å². The second-order valence-electron chi connectivity index (χ2n) is 6.97. The number of benzene rings is 2. The van der Waals surface area contributed by atoms with Gasteiger partial charge in [-0.25, -0.2) is 0 Å². The lowest BCUT2D eigenvalue weighted by Crippen LogP contribution is -2.52. The minimum atomic E-state index is -0.0448. The molecule has 0 saturated carbocycles. The van der Waals surface area contributed by atoms with Crippen LogP contribution in [-0.2, 0) is 22.6 Å². The van der Waals surface area contributed by atoms with E-state index in [1.165, 1.54) is 0 Å². The molecule has 2 aromatic carbocycles. The van der Waals surface area contributed by atoms with Crippen LogP contribution < -0.4 is 0 Å². The van der Waals surface area contributed by atoms with Crippen LogP contribution >= 0.6 is 11.6 Å². The molecule has 1 fully saturated rings. The number of halogens is 1. The first-order valence-electron chi connectivity index (χ1n) is 9.22. The van der Waals surface area contributed by atoms with E-state index in [4.69, 9.17) is 11.6 Å². The third-order valence-electron chi connectivity index (χ3n) is 4.96. The van der Waals surface area contributed by atoms with E-state index in [0.29, 0.717) is 24.7 Å². The SMILES string of the molecule is O=C(Cc1cnc2ccccc2c1)N1CCN(Cc2ccc(Cl)cc2)C(=O)C1. The first-order chi connectivity index (χ1) is 13.6. The minimum absolute atomic E-state index is 0.0359. The highest BCUT2D eigenvalue weighted by molar-refractivity contribution is 6.30. The number of piperazine rings is 1. The number of hydrogen-bond donors (Lipinski definition) is 0. The van der Waals surface area contributed by atoms with E-state index in [9.17, 15) is 9.59 Å². The Bertz CT molecular complexity index is 1020. The molecule has 0 atom stereocenters. The van der Waals surface area contributed by atoms with Crippen LogP contribution in [0.4, 0.5) is 0 Å². The topological polar surface area (TPSA) is 53.5 Å². The molecular formula is C22H20ClN3O2. The summed E-state index contributed by atoms with van der Waals surface area (Å²) in [7, 11) is 0. The fraction of sp³-hybridized carbons (Fsp3) is 0.227. The summed E-state index contributed by atoms with van der Waals surface area (Å²) in [5.74, 6) is -0.0808. The zero-order chi connectivity index (χ0) is 19.5. The molecule has 0 radical (unpaired) electrons. The highest BCUT2D eigenvalue weighted by Gasteiger charge is 2.27. The fourth-order valence-corrected chi connectivity index (χ4v) is 3.52. The number of rotatable bonds is 4. The number of pyridine rings is 1. The average molecular weight is 394 g/mol. The van der Waals surface area contributed by atoms with Gasteiger partial charge in [-0.1, -0.05) is 41.9 Å². The maximum Gasteiger partial charge on any atom is 0.242 e. The number of fused-ring (bicyclic) bond motifs is 1. The van der Waals surface area contributed by atoms with E-state index in [1.54, 1.807) is 16.0 Å². The number of amides is 2. The monoisotopic (exact) mass is 393 g/mol. The Hall–Kier alpha value is -2.92. The Morgan fingerprint density at radius 1 is 1.04 bits per heavy atom. The van der Waals surface area contributed by atoms with Gasteiger partial charge < -0.3 is 9.80 Å². The van der Waals surface area contributed by atoms with Crippen LogP contribution in [0.3, 0.4) is 0 Å². The number of carbonyl (C=O) groups is 2. The first-order valence-corrected chi connectivity index (χ1v) is 9.60. The Morgan fingerprint density at radius 2 is 1.82 bits per heavy atom. The van der Waals surface area contributed by atoms with Crippen molar-refractivity contribution in [2.24, 2.45) is 0 Å². The molecular weight excluding hydrogens is 374 g/mol. The molecule has 0 aliphatic carbocycles. The van der Waals surface area contributed by atoms with Crippen molar-refractivity contribution in [3.05, 3.63) is 76.9 Å². The van der Waals surface area contributed by atoms with Crippen LogP contribution in [-0.4, -0.2) is 46.2 Å². The highest BCUT2D eigenvalue weighted by atomic mass is 35.5. The predicted molar refractivity (Wildman–Crippen MR) is 109 cm³/mol. The molecule has 2 amide bonds. The molecule has 0 bridgehead atoms. The molecule has 3 aromatic rings. The first kappa shape index (κ1) is 18.4. The van der Waals surface area contributed by atoms with Crippen LogP contribution in [0.1, 0.15) is 11.1 Å². The third-order valence-corrected chi connectivity index (χ3v) is 5.21. The largest absolute Gasteiger partial charge is 0.335 e. The van der Waals surface area contributed by atoms with Gasteiger partial charge in [0.15, 0.2) is 0 Å². The molecule has 6 heteroatoms. The molecule has 28 heavy (non-hydrogen) atoms. The molecule has 1 aromatic heterocycles. The Balaban J connectivity index is 1.37. The lowest BCUT2D eigenvalue weighted by Gasteiger charge is -2.34. The van der Waals surface area contributed by atoms with Gasteiger partial charge in [0.1, 0.15) is 0 Å². The van der Waals surface area contributed by atoms with E-state index in [0.717, 1.165) is 22.0 Å². The summed E-state index contributed by atoms with van der Waals surface area (Å²) >= 11 is 5.91. The predicted octanol–water partition coefficient (Wildman–Crippen LogP) is 3.30. The van der Waals surface area contributed by atoms with Gasteiger partial charge in [0, 0.05) is 36.2 Å². The van der Waals surface area contributed by atoms with E-state index >= 15 is 0 Å². The number of hydrogen-bond acceptors (Lipinski definition) is 3. The Kier molecular flexibility index (Phi) is 5.26. The number of para-hydroxylation sites is 1. The molecule has 1 aliphatic rings. The van der Waals surface area contributed by atoms with Crippen LogP contribution in [0.5, 0.6) is 0 Å². The van der Waals surface area contributed by atoms with Crippen molar-refractivity contribution in [3.63, 3.8) is 0 Å². The summed E-state index contributed by atoms with van der Waals surface area (Å²) in [6.45, 7) is 1.72. The maximum absolute atomic E-state index is 12.7. The lowest BCUT2D eigenvalue weighted by molar-refractivity contribution is -0.145. The van der Waals surface area contributed by atoms with Crippen molar-refractivity contribution in [3.8, 4) is 0 Å². The summed E-state index contributed by atoms with van der Waals surface area (Å²) in [6, 6.07) is 17.3. The molecule has 0 N–H and O–H groups in total. The summed E-state index contributed by atoms with van der Waals surface area (Å²) in [5, 5.41) is 1.69. The van der Waals surface area contributed by atoms with E-state index in [2.05, 4.69) is 4.98 Å². The highest BCUT2D eigenvalue weighted by Crippen LogP contribution is 2.16. The van der Waals surface area contributed by atoms with Gasteiger partial charge in [-0.15, -0.1) is 0 Å². The van der Waals surface area contributed by atoms with Gasteiger partial charge in [-0.3, -0.25) is 14.6 Å². The number of aromatic nitrogens is 1. The maximum atomic E-state index is 12.7. The van der Waals surface area contributed by atoms with Crippen LogP contribution in [0.2, 0.25) is 5.02 Å². The number of carbonyl (C=O) groups excluding carboxylic acids is 2. The molecule has 5 nitrogen and oxygen atoms in total. The second-order valence-corrected chi connectivity index (χ2v) is 7.41. The quantitative estimate of drug-likeness (QED) is 0.683. The molecule has 0 spiro atoms.